The number of aryl methyl sites for hydroxylation is 5. The summed E-state index contributed by atoms with van der Waals surface area (Å²) in [5.74, 6) is 0.389. The topological polar surface area (TPSA) is 125 Å². The summed E-state index contributed by atoms with van der Waals surface area (Å²) < 4.78 is 5.87. The molecule has 0 saturated carbocycles. The Hall–Kier alpha value is -6.36. The van der Waals surface area contributed by atoms with E-state index in [0.29, 0.717) is 24.2 Å². The highest BCUT2D eigenvalue weighted by molar-refractivity contribution is 6.60. The Labute approximate surface area is 396 Å². The third-order valence-electron chi connectivity index (χ3n) is 13.1. The Morgan fingerprint density at radius 3 is 2.07 bits per heavy atom. The SMILES string of the molecule is Cc1cc(C2CNc3ccc(CCC(C)(C)CC(=O)Nc4c(C)cc(-c5cnc6ccc(COB(O)c7cnc8ccccc8c7)cc6c5)cc4C)cc3C2)cc(C)c1NC(=O)CC(C)(C)C. The fourth-order valence-electron chi connectivity index (χ4n) is 9.49. The number of rotatable bonds is 14. The van der Waals surface area contributed by atoms with E-state index in [-0.39, 0.29) is 29.3 Å². The number of carbonyl (C=O) groups is 2. The fourth-order valence-corrected chi connectivity index (χ4v) is 9.49. The van der Waals surface area contributed by atoms with Crippen LogP contribution < -0.4 is 21.4 Å². The number of nitrogens with zero attached hydrogens (tertiary/aromatic N) is 2. The lowest BCUT2D eigenvalue weighted by atomic mass is 9.80. The van der Waals surface area contributed by atoms with Gasteiger partial charge in [-0.25, -0.2) is 0 Å². The van der Waals surface area contributed by atoms with Crippen molar-refractivity contribution in [2.45, 2.75) is 107 Å². The molecule has 1 unspecified atom stereocenters. The van der Waals surface area contributed by atoms with Crippen LogP contribution in [-0.2, 0) is 33.7 Å². The maximum atomic E-state index is 13.7. The van der Waals surface area contributed by atoms with Gasteiger partial charge in [0.1, 0.15) is 0 Å². The summed E-state index contributed by atoms with van der Waals surface area (Å²) >= 11 is 0. The average molecular weight is 894 g/mol. The first kappa shape index (κ1) is 47.1. The second-order valence-electron chi connectivity index (χ2n) is 20.8. The second kappa shape index (κ2) is 19.5. The molecule has 10 heteroatoms. The summed E-state index contributed by atoms with van der Waals surface area (Å²) in [4.78, 5) is 35.6. The van der Waals surface area contributed by atoms with E-state index in [0.717, 1.165) is 97.9 Å². The predicted molar refractivity (Wildman–Crippen MR) is 276 cm³/mol. The zero-order valence-electron chi connectivity index (χ0n) is 40.6. The van der Waals surface area contributed by atoms with Gasteiger partial charge in [-0.1, -0.05) is 89.2 Å². The van der Waals surface area contributed by atoms with Gasteiger partial charge >= 0.3 is 7.12 Å². The van der Waals surface area contributed by atoms with Crippen molar-refractivity contribution in [3.05, 3.63) is 154 Å². The lowest BCUT2D eigenvalue weighted by Gasteiger charge is -2.29. The molecule has 9 nitrogen and oxygen atoms in total. The van der Waals surface area contributed by atoms with Gasteiger partial charge in [-0.2, -0.15) is 0 Å². The minimum atomic E-state index is -1.10. The molecular formula is C57H64BN5O4. The number of nitrogens with one attached hydrogen (secondary N) is 3. The summed E-state index contributed by atoms with van der Waals surface area (Å²) in [5, 5.41) is 22.8. The first-order valence-corrected chi connectivity index (χ1v) is 23.6. The minimum absolute atomic E-state index is 0.0101. The first-order chi connectivity index (χ1) is 31.9. The van der Waals surface area contributed by atoms with Crippen molar-refractivity contribution in [3.8, 4) is 11.1 Å². The maximum absolute atomic E-state index is 13.7. The Kier molecular flexibility index (Phi) is 13.7. The zero-order valence-corrected chi connectivity index (χ0v) is 40.6. The van der Waals surface area contributed by atoms with E-state index < -0.39 is 7.12 Å². The van der Waals surface area contributed by atoms with Crippen LogP contribution in [0.15, 0.2) is 109 Å². The average Bonchev–Trinajstić information content (AvgIpc) is 3.28. The Balaban J connectivity index is 0.861. The van der Waals surface area contributed by atoms with E-state index in [9.17, 15) is 14.6 Å². The fraction of sp³-hybridized carbons (Fsp3) is 0.333. The van der Waals surface area contributed by atoms with Gasteiger partial charge in [0.15, 0.2) is 0 Å². The molecule has 67 heavy (non-hydrogen) atoms. The molecule has 1 aliphatic rings. The van der Waals surface area contributed by atoms with E-state index in [1.54, 1.807) is 6.20 Å². The summed E-state index contributed by atoms with van der Waals surface area (Å²) in [6, 6.07) is 33.3. The third-order valence-corrected chi connectivity index (χ3v) is 13.1. The van der Waals surface area contributed by atoms with E-state index in [1.807, 2.05) is 68.6 Å². The molecular weight excluding hydrogens is 829 g/mol. The van der Waals surface area contributed by atoms with Crippen LogP contribution in [0.5, 0.6) is 0 Å². The van der Waals surface area contributed by atoms with Gasteiger partial charge in [-0.15, -0.1) is 0 Å². The Morgan fingerprint density at radius 2 is 1.36 bits per heavy atom. The molecule has 2 aromatic heterocycles. The molecule has 0 bridgehead atoms. The van der Waals surface area contributed by atoms with Crippen molar-refractivity contribution in [2.75, 3.05) is 22.5 Å². The van der Waals surface area contributed by atoms with E-state index >= 15 is 0 Å². The van der Waals surface area contributed by atoms with Crippen LogP contribution in [0.25, 0.3) is 32.9 Å². The largest absolute Gasteiger partial charge is 0.493 e. The van der Waals surface area contributed by atoms with Crippen molar-refractivity contribution in [2.24, 2.45) is 10.8 Å². The van der Waals surface area contributed by atoms with E-state index in [2.05, 4.69) is 118 Å². The minimum Gasteiger partial charge on any atom is -0.423 e. The summed E-state index contributed by atoms with van der Waals surface area (Å²) in [5.41, 5.74) is 16.0. The molecule has 344 valence electrons. The van der Waals surface area contributed by atoms with Crippen molar-refractivity contribution in [1.29, 1.82) is 0 Å². The van der Waals surface area contributed by atoms with Gasteiger partial charge < -0.3 is 25.6 Å². The van der Waals surface area contributed by atoms with Gasteiger partial charge in [0, 0.05) is 71.2 Å². The lowest BCUT2D eigenvalue weighted by molar-refractivity contribution is -0.118. The number of hydrogen-bond acceptors (Lipinski definition) is 7. The Bertz CT molecular complexity index is 2950. The van der Waals surface area contributed by atoms with Crippen molar-refractivity contribution >= 4 is 63.3 Å². The number of aromatic nitrogens is 2. The highest BCUT2D eigenvalue weighted by Gasteiger charge is 2.26. The van der Waals surface area contributed by atoms with Gasteiger partial charge in [0.05, 0.1) is 17.6 Å². The van der Waals surface area contributed by atoms with Crippen LogP contribution >= 0.6 is 0 Å². The summed E-state index contributed by atoms with van der Waals surface area (Å²) in [6.07, 6.45) is 7.13. The highest BCUT2D eigenvalue weighted by atomic mass is 16.5. The highest BCUT2D eigenvalue weighted by Crippen LogP contribution is 2.36. The van der Waals surface area contributed by atoms with Crippen LogP contribution in [0.2, 0.25) is 0 Å². The molecule has 1 atom stereocenters. The standard InChI is InChI=1S/C57H64BN5O4/c1-35-20-42(21-36(2)54(35)62-52(64)29-56(5,6)7)46-26-44-24-39(14-16-50(44)59-31-46)18-19-57(8,9)30-53(65)63-55-37(3)22-43(23-38(55)4)47-27-45-25-40(15-17-51(45)60-32-47)34-67-58(66)48-28-41-12-10-11-13-49(41)61-33-48/h10-17,20-25,27-28,32-33,46,59,66H,18-19,26,29-31,34H2,1-9H3,(H,62,64)(H,63,65). The number of anilines is 3. The normalized spacial score (nSPS) is 13.9. The molecule has 3 heterocycles. The van der Waals surface area contributed by atoms with Gasteiger partial charge in [0.25, 0.3) is 0 Å². The van der Waals surface area contributed by atoms with E-state index in [4.69, 9.17) is 9.64 Å². The van der Waals surface area contributed by atoms with Crippen LogP contribution in [0.4, 0.5) is 17.1 Å². The van der Waals surface area contributed by atoms with Crippen molar-refractivity contribution < 1.29 is 19.3 Å². The lowest BCUT2D eigenvalue weighted by Crippen LogP contribution is -2.33. The Morgan fingerprint density at radius 1 is 0.716 bits per heavy atom. The van der Waals surface area contributed by atoms with Crippen LogP contribution in [0.3, 0.4) is 0 Å². The number of benzene rings is 5. The summed E-state index contributed by atoms with van der Waals surface area (Å²) in [7, 11) is -1.10. The molecule has 2 amide bonds. The molecule has 5 aromatic carbocycles. The molecule has 1 aliphatic heterocycles. The van der Waals surface area contributed by atoms with Crippen LogP contribution in [-0.4, -0.2) is 40.5 Å². The molecule has 0 aliphatic carbocycles. The maximum Gasteiger partial charge on any atom is 0.493 e. The number of fused-ring (bicyclic) bond motifs is 3. The molecule has 7 aromatic rings. The second-order valence-corrected chi connectivity index (χ2v) is 20.8. The number of pyridine rings is 2. The molecule has 4 N–H and O–H groups in total. The first-order valence-electron chi connectivity index (χ1n) is 23.6. The molecule has 8 rings (SSSR count). The van der Waals surface area contributed by atoms with Crippen molar-refractivity contribution in [3.63, 3.8) is 0 Å². The van der Waals surface area contributed by atoms with Gasteiger partial charge in [0.2, 0.25) is 11.8 Å². The number of amides is 2. The number of hydrogen-bond donors (Lipinski definition) is 4. The molecule has 0 saturated heterocycles. The van der Waals surface area contributed by atoms with Crippen molar-refractivity contribution in [1.82, 2.24) is 9.97 Å². The van der Waals surface area contributed by atoms with Gasteiger partial charge in [-0.05, 0) is 156 Å². The predicted octanol–water partition coefficient (Wildman–Crippen LogP) is 11.7. The molecule has 0 fully saturated rings. The smallest absolute Gasteiger partial charge is 0.423 e. The number of carbonyl (C=O) groups excluding carboxylic acids is 2. The monoisotopic (exact) mass is 894 g/mol. The third kappa shape index (κ3) is 11.6. The van der Waals surface area contributed by atoms with E-state index in [1.165, 1.54) is 22.4 Å². The van der Waals surface area contributed by atoms with Crippen LogP contribution in [0, 0.1) is 38.5 Å². The summed E-state index contributed by atoms with van der Waals surface area (Å²) in [6.45, 7) is 20.0. The van der Waals surface area contributed by atoms with Gasteiger partial charge in [-0.3, -0.25) is 19.6 Å². The zero-order chi connectivity index (χ0) is 47.6. The molecule has 0 spiro atoms. The van der Waals surface area contributed by atoms with Crippen LogP contribution in [0.1, 0.15) is 104 Å². The molecule has 0 radical (unpaired) electrons. The number of para-hydroxylation sites is 1. The quantitative estimate of drug-likeness (QED) is 0.0801.